The fraction of sp³-hybridized carbons (Fsp3) is 0.643. The van der Waals surface area contributed by atoms with Gasteiger partial charge in [-0.1, -0.05) is 24.9 Å². The summed E-state index contributed by atoms with van der Waals surface area (Å²) in [6.07, 6.45) is 5.69. The van der Waals surface area contributed by atoms with Gasteiger partial charge in [-0.3, -0.25) is 0 Å². The number of methoxy groups -OCH3 is 1. The van der Waals surface area contributed by atoms with Crippen LogP contribution in [0.5, 0.6) is 0 Å². The third-order valence-electron chi connectivity index (χ3n) is 3.96. The summed E-state index contributed by atoms with van der Waals surface area (Å²) in [7, 11) is 1.74. The Balaban J connectivity index is 2.13. The van der Waals surface area contributed by atoms with E-state index in [1.807, 2.05) is 4.52 Å². The molecule has 0 saturated carbocycles. The minimum Gasteiger partial charge on any atom is -0.383 e. The van der Waals surface area contributed by atoms with Crippen molar-refractivity contribution in [2.75, 3.05) is 25.2 Å². The van der Waals surface area contributed by atoms with E-state index in [1.165, 1.54) is 6.33 Å². The van der Waals surface area contributed by atoms with E-state index in [0.717, 1.165) is 43.6 Å². The monoisotopic (exact) mass is 309 g/mol. The zero-order valence-corrected chi connectivity index (χ0v) is 13.2. The second kappa shape index (κ2) is 6.15. The van der Waals surface area contributed by atoms with Crippen LogP contribution in [0.4, 0.5) is 5.82 Å². The number of anilines is 1. The van der Waals surface area contributed by atoms with E-state index in [0.29, 0.717) is 23.6 Å². The summed E-state index contributed by atoms with van der Waals surface area (Å²) in [5.74, 6) is 1.59. The fourth-order valence-corrected chi connectivity index (χ4v) is 3.33. The molecule has 0 aliphatic carbocycles. The predicted molar refractivity (Wildman–Crippen MR) is 82.0 cm³/mol. The van der Waals surface area contributed by atoms with Gasteiger partial charge in [0.05, 0.1) is 12.6 Å². The Labute approximate surface area is 129 Å². The summed E-state index contributed by atoms with van der Waals surface area (Å²) in [5, 5.41) is 4.88. The van der Waals surface area contributed by atoms with Crippen LogP contribution in [0.1, 0.15) is 31.7 Å². The molecule has 1 aliphatic heterocycles. The van der Waals surface area contributed by atoms with Crippen molar-refractivity contribution in [3.63, 3.8) is 0 Å². The third-order valence-corrected chi connectivity index (χ3v) is 4.27. The number of fused-ring (bicyclic) bond motifs is 1. The van der Waals surface area contributed by atoms with Gasteiger partial charge in [0.2, 0.25) is 0 Å². The normalized spacial score (nSPS) is 18.8. The molecule has 3 heterocycles. The molecule has 0 aromatic carbocycles. The first-order valence-electron chi connectivity index (χ1n) is 7.40. The van der Waals surface area contributed by atoms with Crippen LogP contribution in [0.15, 0.2) is 6.33 Å². The van der Waals surface area contributed by atoms with Crippen molar-refractivity contribution in [2.45, 2.75) is 38.6 Å². The van der Waals surface area contributed by atoms with Gasteiger partial charge in [-0.2, -0.15) is 19.6 Å². The quantitative estimate of drug-likeness (QED) is 0.794. The highest BCUT2D eigenvalue weighted by molar-refractivity contribution is 6.30. The molecule has 6 nitrogen and oxygen atoms in total. The van der Waals surface area contributed by atoms with Gasteiger partial charge < -0.3 is 9.64 Å². The molecule has 7 heteroatoms. The molecule has 0 bridgehead atoms. The molecule has 0 spiro atoms. The van der Waals surface area contributed by atoms with Gasteiger partial charge in [0, 0.05) is 19.2 Å². The van der Waals surface area contributed by atoms with E-state index in [2.05, 4.69) is 26.9 Å². The highest BCUT2D eigenvalue weighted by Gasteiger charge is 2.30. The summed E-state index contributed by atoms with van der Waals surface area (Å²) in [6.45, 7) is 3.84. The average Bonchev–Trinajstić information content (AvgIpc) is 3.09. The van der Waals surface area contributed by atoms with Crippen molar-refractivity contribution < 1.29 is 4.74 Å². The highest BCUT2D eigenvalue weighted by atomic mass is 35.5. The molecule has 0 unspecified atom stereocenters. The first-order chi connectivity index (χ1) is 10.3. The second-order valence-electron chi connectivity index (χ2n) is 5.37. The van der Waals surface area contributed by atoms with E-state index in [-0.39, 0.29) is 0 Å². The van der Waals surface area contributed by atoms with Crippen molar-refractivity contribution >= 4 is 23.2 Å². The maximum absolute atomic E-state index is 6.40. The molecular weight excluding hydrogens is 290 g/mol. The predicted octanol–water partition coefficient (Wildman–Crippen LogP) is 2.35. The Kier molecular flexibility index (Phi) is 4.26. The number of halogens is 1. The molecular formula is C14H20ClN5O. The molecule has 0 radical (unpaired) electrons. The highest BCUT2D eigenvalue weighted by Crippen LogP contribution is 2.32. The van der Waals surface area contributed by atoms with Crippen molar-refractivity contribution in [1.29, 1.82) is 0 Å². The lowest BCUT2D eigenvalue weighted by molar-refractivity contribution is 0.180. The lowest BCUT2D eigenvalue weighted by atomic mass is 10.1. The largest absolute Gasteiger partial charge is 0.383 e. The average molecular weight is 310 g/mol. The zero-order valence-electron chi connectivity index (χ0n) is 12.4. The third kappa shape index (κ3) is 2.58. The van der Waals surface area contributed by atoms with Crippen LogP contribution in [0.3, 0.4) is 0 Å². The SMILES string of the molecule is CCCc1c(Cl)nc2ncnn2c1N1CCC[C@H]1COC. The fourth-order valence-electron chi connectivity index (χ4n) is 3.08. The summed E-state index contributed by atoms with van der Waals surface area (Å²) in [6, 6.07) is 0.358. The molecule has 2 aromatic heterocycles. The first kappa shape index (κ1) is 14.5. The van der Waals surface area contributed by atoms with Gasteiger partial charge in [-0.05, 0) is 19.3 Å². The first-order valence-corrected chi connectivity index (χ1v) is 7.77. The molecule has 21 heavy (non-hydrogen) atoms. The maximum atomic E-state index is 6.40. The minimum absolute atomic E-state index is 0.358. The van der Waals surface area contributed by atoms with Gasteiger partial charge in [0.25, 0.3) is 5.78 Å². The summed E-state index contributed by atoms with van der Waals surface area (Å²) in [5.41, 5.74) is 1.06. The summed E-state index contributed by atoms with van der Waals surface area (Å²) in [4.78, 5) is 10.9. The zero-order chi connectivity index (χ0) is 14.8. The lowest BCUT2D eigenvalue weighted by Crippen LogP contribution is -2.35. The molecule has 0 amide bonds. The Morgan fingerprint density at radius 2 is 2.33 bits per heavy atom. The van der Waals surface area contributed by atoms with Crippen LogP contribution >= 0.6 is 11.6 Å². The second-order valence-corrected chi connectivity index (χ2v) is 5.73. The minimum atomic E-state index is 0.358. The van der Waals surface area contributed by atoms with Crippen LogP contribution in [0, 0.1) is 0 Å². The lowest BCUT2D eigenvalue weighted by Gasteiger charge is -2.28. The Hall–Kier alpha value is -1.40. The van der Waals surface area contributed by atoms with E-state index < -0.39 is 0 Å². The van der Waals surface area contributed by atoms with Gasteiger partial charge in [0.15, 0.2) is 0 Å². The molecule has 114 valence electrons. The number of aromatic nitrogens is 4. The smallest absolute Gasteiger partial charge is 0.255 e. The van der Waals surface area contributed by atoms with Crippen LogP contribution in [0.25, 0.3) is 5.78 Å². The molecule has 1 fully saturated rings. The Bertz CT molecular complexity index is 629. The molecule has 0 N–H and O–H groups in total. The molecule has 2 aromatic rings. The molecule has 1 aliphatic rings. The van der Waals surface area contributed by atoms with E-state index in [9.17, 15) is 0 Å². The van der Waals surface area contributed by atoms with Gasteiger partial charge in [-0.25, -0.2) is 0 Å². The molecule has 3 rings (SSSR count). The summed E-state index contributed by atoms with van der Waals surface area (Å²) < 4.78 is 7.18. The van der Waals surface area contributed by atoms with Gasteiger partial charge in [-0.15, -0.1) is 0 Å². The number of hydrogen-bond donors (Lipinski definition) is 0. The van der Waals surface area contributed by atoms with E-state index >= 15 is 0 Å². The van der Waals surface area contributed by atoms with Crippen molar-refractivity contribution in [1.82, 2.24) is 19.6 Å². The van der Waals surface area contributed by atoms with Gasteiger partial charge >= 0.3 is 0 Å². The number of nitrogens with zero attached hydrogens (tertiary/aromatic N) is 5. The topological polar surface area (TPSA) is 55.5 Å². The number of rotatable bonds is 5. The van der Waals surface area contributed by atoms with Crippen LogP contribution in [-0.4, -0.2) is 45.9 Å². The van der Waals surface area contributed by atoms with Crippen LogP contribution < -0.4 is 4.90 Å². The Morgan fingerprint density at radius 1 is 1.48 bits per heavy atom. The van der Waals surface area contributed by atoms with Crippen molar-refractivity contribution in [2.24, 2.45) is 0 Å². The van der Waals surface area contributed by atoms with Crippen LogP contribution in [0.2, 0.25) is 5.15 Å². The standard InChI is InChI=1S/C14H20ClN5O/c1-3-5-11-12(15)18-14-16-9-17-20(14)13(11)19-7-4-6-10(19)8-21-2/h9-10H,3-8H2,1-2H3/t10-/m0/s1. The molecule has 1 saturated heterocycles. The van der Waals surface area contributed by atoms with Crippen molar-refractivity contribution in [3.05, 3.63) is 17.0 Å². The van der Waals surface area contributed by atoms with Crippen LogP contribution in [-0.2, 0) is 11.2 Å². The number of ether oxygens (including phenoxy) is 1. The maximum Gasteiger partial charge on any atom is 0.255 e. The van der Waals surface area contributed by atoms with E-state index in [1.54, 1.807) is 7.11 Å². The number of hydrogen-bond acceptors (Lipinski definition) is 5. The van der Waals surface area contributed by atoms with E-state index in [4.69, 9.17) is 16.3 Å². The van der Waals surface area contributed by atoms with Gasteiger partial charge in [0.1, 0.15) is 17.3 Å². The molecule has 1 atom stereocenters. The Morgan fingerprint density at radius 3 is 3.10 bits per heavy atom. The van der Waals surface area contributed by atoms with Crippen molar-refractivity contribution in [3.8, 4) is 0 Å². The summed E-state index contributed by atoms with van der Waals surface area (Å²) >= 11 is 6.40.